The van der Waals surface area contributed by atoms with E-state index in [1.54, 1.807) is 0 Å². The average Bonchev–Trinajstić information content (AvgIpc) is 3.35. The molecule has 10 heteroatoms. The van der Waals surface area contributed by atoms with Crippen LogP contribution in [0.1, 0.15) is 13.3 Å². The van der Waals surface area contributed by atoms with Gasteiger partial charge in [0.1, 0.15) is 24.4 Å². The molecule has 4 unspecified atom stereocenters. The van der Waals surface area contributed by atoms with Gasteiger partial charge in [-0.25, -0.2) is 4.79 Å². The van der Waals surface area contributed by atoms with E-state index in [9.17, 15) is 9.90 Å². The lowest BCUT2D eigenvalue weighted by atomic mass is 10.1. The van der Waals surface area contributed by atoms with Gasteiger partial charge in [-0.2, -0.15) is 0 Å². The Morgan fingerprint density at radius 2 is 2.09 bits per heavy atom. The third kappa shape index (κ3) is 4.01. The molecular weight excluding hydrogens is 456 g/mol. The number of thioether (sulfide) groups is 1. The minimum absolute atomic E-state index is 0.000106. The molecular formula is C24H30N4O5S. The lowest BCUT2D eigenvalue weighted by molar-refractivity contribution is -0.131. The largest absolute Gasteiger partial charge is 0.486 e. The van der Waals surface area contributed by atoms with Crippen molar-refractivity contribution in [3.8, 4) is 11.5 Å². The first-order valence-electron chi connectivity index (χ1n) is 12.0. The van der Waals surface area contributed by atoms with Crippen LogP contribution < -0.4 is 14.4 Å². The van der Waals surface area contributed by atoms with Gasteiger partial charge in [-0.3, -0.25) is 9.89 Å². The zero-order valence-electron chi connectivity index (χ0n) is 19.3. The number of aliphatic carboxylic acids is 1. The Balaban J connectivity index is 1.14. The SMILES string of the molecule is CC1CN(c2cccc3c2OCCO3)CCN1CC1=NC2SC(C(=O)O)=CC2N1CC1CCO1. The minimum Gasteiger partial charge on any atom is -0.486 e. The molecule has 1 N–H and O–H groups in total. The topological polar surface area (TPSA) is 87.1 Å². The fraction of sp³-hybridized carbons (Fsp3) is 0.583. The number of carboxylic acids is 1. The number of para-hydroxylation sites is 1. The minimum atomic E-state index is -0.863. The number of carbonyl (C=O) groups is 1. The van der Waals surface area contributed by atoms with E-state index in [1.165, 1.54) is 11.8 Å². The van der Waals surface area contributed by atoms with Crippen molar-refractivity contribution < 1.29 is 24.1 Å². The van der Waals surface area contributed by atoms with Crippen LogP contribution in [-0.4, -0.2) is 103 Å². The van der Waals surface area contributed by atoms with Crippen molar-refractivity contribution in [1.82, 2.24) is 9.80 Å². The molecule has 9 nitrogen and oxygen atoms in total. The summed E-state index contributed by atoms with van der Waals surface area (Å²) in [5.74, 6) is 1.86. The maximum absolute atomic E-state index is 11.5. The summed E-state index contributed by atoms with van der Waals surface area (Å²) in [5, 5.41) is 9.36. The van der Waals surface area contributed by atoms with Gasteiger partial charge in [-0.15, -0.1) is 0 Å². The Bertz CT molecular complexity index is 1030. The molecule has 5 aliphatic heterocycles. The third-order valence-corrected chi connectivity index (χ3v) is 8.42. The first-order valence-corrected chi connectivity index (χ1v) is 12.9. The molecule has 0 aromatic heterocycles. The molecule has 34 heavy (non-hydrogen) atoms. The fourth-order valence-electron chi connectivity index (χ4n) is 5.28. The molecule has 0 amide bonds. The van der Waals surface area contributed by atoms with Crippen molar-refractivity contribution in [2.24, 2.45) is 4.99 Å². The summed E-state index contributed by atoms with van der Waals surface area (Å²) in [6.07, 6.45) is 3.12. The lowest BCUT2D eigenvalue weighted by Crippen LogP contribution is -2.55. The quantitative estimate of drug-likeness (QED) is 0.648. The van der Waals surface area contributed by atoms with Crippen molar-refractivity contribution in [3.05, 3.63) is 29.2 Å². The number of anilines is 1. The van der Waals surface area contributed by atoms with Crippen molar-refractivity contribution in [3.63, 3.8) is 0 Å². The van der Waals surface area contributed by atoms with Gasteiger partial charge in [0.05, 0.1) is 29.3 Å². The molecule has 0 spiro atoms. The van der Waals surface area contributed by atoms with Gasteiger partial charge >= 0.3 is 5.97 Å². The number of amidine groups is 1. The smallest absolute Gasteiger partial charge is 0.341 e. The first kappa shape index (κ1) is 22.1. The van der Waals surface area contributed by atoms with Gasteiger partial charge in [0, 0.05) is 38.8 Å². The predicted molar refractivity (Wildman–Crippen MR) is 130 cm³/mol. The highest BCUT2D eigenvalue weighted by Gasteiger charge is 2.43. The second-order valence-electron chi connectivity index (χ2n) is 9.38. The van der Waals surface area contributed by atoms with Crippen LogP contribution in [0.25, 0.3) is 0 Å². The fourth-order valence-corrected chi connectivity index (χ4v) is 6.40. The van der Waals surface area contributed by atoms with Gasteiger partial charge in [0.25, 0.3) is 0 Å². The number of hydrogen-bond donors (Lipinski definition) is 1. The number of ether oxygens (including phenoxy) is 3. The van der Waals surface area contributed by atoms with E-state index in [1.807, 2.05) is 18.2 Å². The molecule has 0 saturated carbocycles. The first-order chi connectivity index (χ1) is 16.6. The van der Waals surface area contributed by atoms with E-state index in [4.69, 9.17) is 19.2 Å². The number of piperazine rings is 1. The van der Waals surface area contributed by atoms with Crippen LogP contribution in [0.15, 0.2) is 34.2 Å². The molecule has 0 aliphatic carbocycles. The molecule has 6 rings (SSSR count). The van der Waals surface area contributed by atoms with Crippen LogP contribution in [0.4, 0.5) is 5.69 Å². The van der Waals surface area contributed by atoms with Crippen molar-refractivity contribution in [2.45, 2.75) is 36.9 Å². The summed E-state index contributed by atoms with van der Waals surface area (Å²) in [4.78, 5) is 24.0. The van der Waals surface area contributed by atoms with E-state index in [-0.39, 0.29) is 17.5 Å². The molecule has 1 aromatic rings. The van der Waals surface area contributed by atoms with Crippen molar-refractivity contribution in [2.75, 3.05) is 57.4 Å². The van der Waals surface area contributed by atoms with E-state index in [2.05, 4.69) is 27.7 Å². The summed E-state index contributed by atoms with van der Waals surface area (Å²) in [6.45, 7) is 8.47. The summed E-state index contributed by atoms with van der Waals surface area (Å²) in [6, 6.07) is 6.44. The number of rotatable bonds is 6. The summed E-state index contributed by atoms with van der Waals surface area (Å²) in [5.41, 5.74) is 1.10. The molecule has 0 radical (unpaired) electrons. The normalized spacial score (nSPS) is 30.5. The summed E-state index contributed by atoms with van der Waals surface area (Å²) >= 11 is 1.36. The average molecular weight is 487 g/mol. The zero-order chi connectivity index (χ0) is 23.2. The Kier molecular flexibility index (Phi) is 5.82. The summed E-state index contributed by atoms with van der Waals surface area (Å²) < 4.78 is 17.4. The van der Waals surface area contributed by atoms with E-state index in [0.717, 1.165) is 68.8 Å². The lowest BCUT2D eigenvalue weighted by Gasteiger charge is -2.43. The van der Waals surface area contributed by atoms with Crippen LogP contribution in [0.3, 0.4) is 0 Å². The van der Waals surface area contributed by atoms with Crippen LogP contribution >= 0.6 is 11.8 Å². The molecule has 4 atom stereocenters. The number of nitrogens with zero attached hydrogens (tertiary/aromatic N) is 4. The van der Waals surface area contributed by atoms with Crippen LogP contribution in [0.5, 0.6) is 11.5 Å². The van der Waals surface area contributed by atoms with Gasteiger partial charge in [-0.05, 0) is 31.6 Å². The second-order valence-corrected chi connectivity index (χ2v) is 10.5. The van der Waals surface area contributed by atoms with Crippen molar-refractivity contribution in [1.29, 1.82) is 0 Å². The van der Waals surface area contributed by atoms with E-state index >= 15 is 0 Å². The number of benzene rings is 1. The maximum Gasteiger partial charge on any atom is 0.341 e. The van der Waals surface area contributed by atoms with E-state index in [0.29, 0.717) is 24.2 Å². The highest BCUT2D eigenvalue weighted by molar-refractivity contribution is 8.04. The molecule has 5 aliphatic rings. The van der Waals surface area contributed by atoms with Crippen molar-refractivity contribution >= 4 is 29.3 Å². The summed E-state index contributed by atoms with van der Waals surface area (Å²) in [7, 11) is 0. The van der Waals surface area contributed by atoms with Crippen LogP contribution in [0, 0.1) is 0 Å². The highest BCUT2D eigenvalue weighted by atomic mass is 32.2. The molecule has 2 saturated heterocycles. The highest BCUT2D eigenvalue weighted by Crippen LogP contribution is 2.42. The number of fused-ring (bicyclic) bond motifs is 2. The zero-order valence-corrected chi connectivity index (χ0v) is 20.1. The number of aliphatic imine (C=N–C) groups is 1. The Morgan fingerprint density at radius 1 is 1.24 bits per heavy atom. The standard InChI is InChI=1S/C24H30N4O5S/c1-15-12-27(17-3-2-4-19-22(17)33-10-9-32-19)7-6-26(15)14-21-25-23-18(11-20(34-23)24(29)30)28(21)13-16-5-8-31-16/h2-4,11,15-16,18,23H,5-10,12-14H2,1H3,(H,29,30). The third-order valence-electron chi connectivity index (χ3n) is 7.23. The van der Waals surface area contributed by atoms with Gasteiger partial charge in [0.15, 0.2) is 11.5 Å². The predicted octanol–water partition coefficient (Wildman–Crippen LogP) is 1.88. The molecule has 5 heterocycles. The number of carboxylic acid groups (broad SMARTS) is 1. The number of hydrogen-bond acceptors (Lipinski definition) is 9. The molecule has 1 aromatic carbocycles. The van der Waals surface area contributed by atoms with Gasteiger partial charge < -0.3 is 29.1 Å². The second kappa shape index (κ2) is 8.98. The van der Waals surface area contributed by atoms with Crippen LogP contribution in [-0.2, 0) is 9.53 Å². The Hall–Kier alpha value is -2.43. The Morgan fingerprint density at radius 3 is 2.85 bits per heavy atom. The molecule has 182 valence electrons. The van der Waals surface area contributed by atoms with Crippen LogP contribution in [0.2, 0.25) is 0 Å². The van der Waals surface area contributed by atoms with Gasteiger partial charge in [0.2, 0.25) is 0 Å². The molecule has 0 bridgehead atoms. The maximum atomic E-state index is 11.5. The Labute approximate surface area is 203 Å². The van der Waals surface area contributed by atoms with Gasteiger partial charge in [-0.1, -0.05) is 17.8 Å². The monoisotopic (exact) mass is 486 g/mol. The molecule has 2 fully saturated rings. The van der Waals surface area contributed by atoms with E-state index < -0.39 is 5.97 Å².